The van der Waals surface area contributed by atoms with E-state index in [9.17, 15) is 9.59 Å². The maximum atomic E-state index is 9.88. The van der Waals surface area contributed by atoms with Gasteiger partial charge in [0.15, 0.2) is 1.41 Å². The van der Waals surface area contributed by atoms with Crippen LogP contribution in [0.3, 0.4) is 0 Å². The van der Waals surface area contributed by atoms with Gasteiger partial charge in [-0.2, -0.15) is 0 Å². The fourth-order valence-electron chi connectivity index (χ4n) is 0. The molecule has 0 aromatic rings. The summed E-state index contributed by atoms with van der Waals surface area (Å²) in [5.41, 5.74) is 0. The van der Waals surface area contributed by atoms with E-state index in [1.807, 2.05) is 0 Å². The molecular weight excluding hydrogens is 132 g/mol. The van der Waals surface area contributed by atoms with Crippen LogP contribution in [0.1, 0.15) is 8.29 Å². The predicted octanol–water partition coefficient (Wildman–Crippen LogP) is -0.543. The summed E-state index contributed by atoms with van der Waals surface area (Å²) in [5, 5.41) is 0.778. The minimum absolute atomic E-state index is 0.241. The van der Waals surface area contributed by atoms with Crippen LogP contribution in [0.2, 0.25) is 1.41 Å². The summed E-state index contributed by atoms with van der Waals surface area (Å²) in [6, 6.07) is 0. The summed E-state index contributed by atoms with van der Waals surface area (Å²) in [4.78, 5) is 20.8. The summed E-state index contributed by atoms with van der Waals surface area (Å²) in [6.07, 6.45) is -0.657. The number of carbonyl (C=O) groups excluding carboxylic acids is 2. The fourth-order valence-corrected chi connectivity index (χ4v) is 0. The average Bonchev–Trinajstić information content (AvgIpc) is 1.88. The molecule has 0 radical (unpaired) electrons. The van der Waals surface area contributed by atoms with Gasteiger partial charge in [0.1, 0.15) is 1.37 Å². The lowest BCUT2D eigenvalue weighted by Crippen LogP contribution is -2.11. The fraction of sp³-hybridized carbons (Fsp3) is 0.667. The molecule has 0 aliphatic rings. The Hall–Kier alpha value is -1.06. The van der Waals surface area contributed by atoms with Crippen molar-refractivity contribution in [3.8, 4) is 0 Å². The Morgan fingerprint density at radius 3 is 2.00 bits per heavy atom. The molecule has 0 bridgehead atoms. The maximum absolute atomic E-state index is 9.88. The van der Waals surface area contributed by atoms with Crippen molar-refractivity contribution in [2.24, 2.45) is 0 Å². The number of rotatable bonds is 0. The van der Waals surface area contributed by atoms with E-state index in [2.05, 4.69) is 0 Å². The molecule has 4 heteroatoms. The van der Waals surface area contributed by atoms with Crippen LogP contribution >= 0.6 is 0 Å². The molecule has 0 unspecified atom stereocenters. The Bertz CT molecular complexity index is 142. The largest absolute Gasteiger partial charge is 0.359 e. The molecule has 0 heterocycles. The van der Waals surface area contributed by atoms with Crippen molar-refractivity contribution in [3.63, 3.8) is 0 Å². The second kappa shape index (κ2) is 7.94. The molecule has 0 aliphatic heterocycles. The molecule has 60 valence electrons. The average molecular weight is 148 g/mol. The van der Waals surface area contributed by atoms with Gasteiger partial charge in [0.05, 0.1) is 0 Å². The first-order chi connectivity index (χ1) is 5.29. The minimum atomic E-state index is -0.657. The number of hydrogen-bond acceptors (Lipinski definition) is 2. The summed E-state index contributed by atoms with van der Waals surface area (Å²) in [7, 11) is 4.47. The topological polar surface area (TPSA) is 49.4 Å². The lowest BCUT2D eigenvalue weighted by molar-refractivity contribution is -0.118. The number of nitrogens with one attached hydrogen (secondary N) is 1. The lowest BCUT2D eigenvalue weighted by atomic mass is 10.7. The van der Waals surface area contributed by atoms with Crippen LogP contribution < -0.4 is 5.31 Å². The molecule has 0 saturated heterocycles. The number of nitrogens with zero attached hydrogens (tertiary/aromatic N) is 1. The van der Waals surface area contributed by atoms with Crippen molar-refractivity contribution in [1.82, 2.24) is 10.2 Å². The van der Waals surface area contributed by atoms with Gasteiger partial charge in [-0.15, -0.1) is 0 Å². The van der Waals surface area contributed by atoms with E-state index in [0.29, 0.717) is 0 Å². The van der Waals surface area contributed by atoms with E-state index in [4.69, 9.17) is 2.78 Å². The van der Waals surface area contributed by atoms with E-state index < -0.39 is 6.39 Å². The normalized spacial score (nSPS) is 9.60. The highest BCUT2D eigenvalue weighted by Gasteiger charge is 1.72. The van der Waals surface area contributed by atoms with Gasteiger partial charge in [-0.25, -0.2) is 0 Å². The van der Waals surface area contributed by atoms with Crippen LogP contribution in [0.5, 0.6) is 0 Å². The minimum Gasteiger partial charge on any atom is -0.359 e. The molecule has 0 fully saturated rings. The monoisotopic (exact) mass is 148 g/mol. The zero-order chi connectivity index (χ0) is 10.3. The van der Waals surface area contributed by atoms with Crippen LogP contribution in [-0.4, -0.2) is 38.3 Å². The molecule has 0 aromatic carbocycles. The molecule has 0 saturated carbocycles. The van der Waals surface area contributed by atoms with Gasteiger partial charge in [-0.1, -0.05) is 0 Å². The molecule has 10 heavy (non-hydrogen) atoms. The van der Waals surface area contributed by atoms with E-state index in [1.54, 1.807) is 0 Å². The maximum Gasteiger partial charge on any atom is 0.216 e. The Morgan fingerprint density at radius 1 is 1.80 bits per heavy atom. The molecule has 0 aromatic heterocycles. The standard InChI is InChI=1S/2C3H7NO/c1-4(2)3-5;1-3(5)4-2/h3H,1-2H3;1-2H3,(H,4,5)/i3D;/hD. The zero-order valence-electron chi connectivity index (χ0n) is 8.71. The van der Waals surface area contributed by atoms with Gasteiger partial charge in [0.25, 0.3) is 0 Å². The predicted molar refractivity (Wildman–Crippen MR) is 39.5 cm³/mol. The molecule has 0 rings (SSSR count). The molecule has 4 nitrogen and oxygen atoms in total. The first-order valence-corrected chi connectivity index (χ1v) is 2.70. The van der Waals surface area contributed by atoms with Crippen LogP contribution in [0, 0.1) is 0 Å². The molecule has 0 atom stereocenters. The summed E-state index contributed by atoms with van der Waals surface area (Å²) >= 11 is 0. The van der Waals surface area contributed by atoms with Crippen molar-refractivity contribution >= 4 is 12.3 Å². The number of carbonyl (C=O) groups is 2. The van der Waals surface area contributed by atoms with Crippen molar-refractivity contribution in [2.75, 3.05) is 21.1 Å². The molecule has 0 aliphatic carbocycles. The SMILES string of the molecule is [2H]C(=O)N(C)C.[2H]N(C)C(C)=O. The van der Waals surface area contributed by atoms with Crippen LogP contribution in [0.4, 0.5) is 0 Å². The highest BCUT2D eigenvalue weighted by Crippen LogP contribution is 1.52. The second-order valence-corrected chi connectivity index (χ2v) is 1.73. The van der Waals surface area contributed by atoms with Gasteiger partial charge in [-0.05, 0) is 0 Å². The lowest BCUT2D eigenvalue weighted by Gasteiger charge is -1.93. The Labute approximate surface area is 64.1 Å². The van der Waals surface area contributed by atoms with E-state index in [-0.39, 0.29) is 5.91 Å². The van der Waals surface area contributed by atoms with Crippen molar-refractivity contribution in [3.05, 3.63) is 0 Å². The van der Waals surface area contributed by atoms with Crippen molar-refractivity contribution in [1.29, 1.82) is 0 Å². The van der Waals surface area contributed by atoms with Gasteiger partial charge in [0, 0.05) is 28.1 Å². The smallest absolute Gasteiger partial charge is 0.216 e. The summed E-state index contributed by atoms with van der Waals surface area (Å²) in [5.74, 6) is -0.241. The number of hydrogen-bond donors (Lipinski definition) is 1. The Morgan fingerprint density at radius 2 is 2.00 bits per heavy atom. The first kappa shape index (κ1) is 7.05. The van der Waals surface area contributed by atoms with Crippen molar-refractivity contribution < 1.29 is 12.4 Å². The first-order valence-electron chi connectivity index (χ1n) is 3.64. The second-order valence-electron chi connectivity index (χ2n) is 1.73. The molecular formula is C6H14N2O2. The highest BCUT2D eigenvalue weighted by atomic mass is 16.1. The third-order valence-electron chi connectivity index (χ3n) is 0.497. The van der Waals surface area contributed by atoms with Crippen LogP contribution in [0.15, 0.2) is 0 Å². The number of amides is 2. The summed E-state index contributed by atoms with van der Waals surface area (Å²) < 4.78 is 12.8. The van der Waals surface area contributed by atoms with Crippen molar-refractivity contribution in [2.45, 2.75) is 6.92 Å². The highest BCUT2D eigenvalue weighted by molar-refractivity contribution is 5.72. The van der Waals surface area contributed by atoms with E-state index in [1.165, 1.54) is 33.0 Å². The van der Waals surface area contributed by atoms with Gasteiger partial charge in [0.2, 0.25) is 12.3 Å². The molecule has 0 spiro atoms. The quantitative estimate of drug-likeness (QED) is 0.469. The van der Waals surface area contributed by atoms with E-state index in [0.717, 1.165) is 5.31 Å². The summed E-state index contributed by atoms with van der Waals surface area (Å²) in [6.45, 7) is 1.34. The Kier molecular flexibility index (Phi) is 5.60. The van der Waals surface area contributed by atoms with Gasteiger partial charge < -0.3 is 10.2 Å². The van der Waals surface area contributed by atoms with Crippen LogP contribution in [-0.2, 0) is 9.59 Å². The third kappa shape index (κ3) is 28.3. The van der Waals surface area contributed by atoms with Gasteiger partial charge in [-0.3, -0.25) is 9.59 Å². The van der Waals surface area contributed by atoms with E-state index >= 15 is 0 Å². The third-order valence-corrected chi connectivity index (χ3v) is 0.497. The molecule has 2 amide bonds. The van der Waals surface area contributed by atoms with Crippen LogP contribution in [0.25, 0.3) is 0 Å². The zero-order valence-corrected chi connectivity index (χ0v) is 6.71. The van der Waals surface area contributed by atoms with Gasteiger partial charge >= 0.3 is 0 Å². The molecule has 1 N–H and O–H groups in total. The Balaban J connectivity index is 0.